The Labute approximate surface area is 150 Å². The van der Waals surface area contributed by atoms with Crippen LogP contribution in [0.3, 0.4) is 0 Å². The monoisotopic (exact) mass is 346 g/mol. The number of hydrogen-bond acceptors (Lipinski definition) is 4. The molecule has 3 rings (SSSR count). The van der Waals surface area contributed by atoms with Crippen LogP contribution in [0.15, 0.2) is 12.1 Å². The number of hydrogen-bond donors (Lipinski definition) is 1. The summed E-state index contributed by atoms with van der Waals surface area (Å²) < 4.78 is 11.1. The zero-order valence-electron chi connectivity index (χ0n) is 16.0. The summed E-state index contributed by atoms with van der Waals surface area (Å²) in [6.07, 6.45) is 1.74. The van der Waals surface area contributed by atoms with E-state index < -0.39 is 5.60 Å². The fourth-order valence-corrected chi connectivity index (χ4v) is 3.83. The zero-order chi connectivity index (χ0) is 18.2. The molecule has 1 amide bonds. The first-order valence-corrected chi connectivity index (χ1v) is 9.31. The third-order valence-electron chi connectivity index (χ3n) is 4.83. The van der Waals surface area contributed by atoms with Crippen LogP contribution in [0.5, 0.6) is 5.75 Å². The third kappa shape index (κ3) is 3.86. The molecule has 138 valence electrons. The number of ether oxygens (including phenoxy) is 2. The number of nitrogens with zero attached hydrogens (tertiary/aromatic N) is 1. The first-order valence-electron chi connectivity index (χ1n) is 9.31. The second-order valence-electron chi connectivity index (χ2n) is 8.14. The van der Waals surface area contributed by atoms with Gasteiger partial charge in [0.25, 0.3) is 0 Å². The molecule has 1 aromatic rings. The quantitative estimate of drug-likeness (QED) is 0.900. The predicted molar refractivity (Wildman–Crippen MR) is 99.7 cm³/mol. The van der Waals surface area contributed by atoms with Gasteiger partial charge in [-0.3, -0.25) is 0 Å². The van der Waals surface area contributed by atoms with E-state index in [0.717, 1.165) is 38.3 Å². The van der Waals surface area contributed by atoms with Crippen molar-refractivity contribution in [1.29, 1.82) is 0 Å². The highest BCUT2D eigenvalue weighted by atomic mass is 16.6. The maximum absolute atomic E-state index is 12.0. The number of amides is 1. The largest absolute Gasteiger partial charge is 0.493 e. The van der Waals surface area contributed by atoms with Gasteiger partial charge in [0.2, 0.25) is 0 Å². The molecule has 0 aliphatic carbocycles. The average molecular weight is 346 g/mol. The lowest BCUT2D eigenvalue weighted by Gasteiger charge is -2.27. The molecule has 2 heterocycles. The van der Waals surface area contributed by atoms with Gasteiger partial charge in [0, 0.05) is 42.7 Å². The van der Waals surface area contributed by atoms with Gasteiger partial charge in [0.15, 0.2) is 0 Å². The second kappa shape index (κ2) is 6.77. The highest BCUT2D eigenvalue weighted by molar-refractivity contribution is 5.71. The fraction of sp³-hybridized carbons (Fsp3) is 0.650. The van der Waals surface area contributed by atoms with Crippen molar-refractivity contribution in [2.75, 3.05) is 24.6 Å². The molecule has 0 aromatic heterocycles. The number of carbonyl (C=O) groups excluding carboxylic acids is 1. The predicted octanol–water partition coefficient (Wildman–Crippen LogP) is 3.85. The lowest BCUT2D eigenvalue weighted by atomic mass is 9.96. The summed E-state index contributed by atoms with van der Waals surface area (Å²) in [5, 5.41) is 2.96. The molecule has 1 unspecified atom stereocenters. The normalized spacial score (nSPS) is 19.9. The van der Waals surface area contributed by atoms with Crippen LogP contribution < -0.4 is 15.0 Å². The second-order valence-corrected chi connectivity index (χ2v) is 8.14. The van der Waals surface area contributed by atoms with Crippen molar-refractivity contribution in [3.8, 4) is 5.75 Å². The van der Waals surface area contributed by atoms with Gasteiger partial charge in [-0.05, 0) is 45.7 Å². The smallest absolute Gasteiger partial charge is 0.407 e. The van der Waals surface area contributed by atoms with E-state index in [2.05, 4.69) is 29.3 Å². The molecular weight excluding hydrogens is 316 g/mol. The molecular formula is C20H30N2O3. The Balaban J connectivity index is 1.72. The van der Waals surface area contributed by atoms with Gasteiger partial charge in [-0.15, -0.1) is 0 Å². The number of carbonyl (C=O) groups is 1. The summed E-state index contributed by atoms with van der Waals surface area (Å²) in [6, 6.07) is 4.35. The summed E-state index contributed by atoms with van der Waals surface area (Å²) in [6.45, 7) is 12.5. The summed E-state index contributed by atoms with van der Waals surface area (Å²) in [5.74, 6) is 1.57. The van der Waals surface area contributed by atoms with Crippen LogP contribution in [0.4, 0.5) is 10.5 Å². The van der Waals surface area contributed by atoms with Crippen molar-refractivity contribution in [3.63, 3.8) is 0 Å². The molecule has 1 aromatic carbocycles. The number of fused-ring (bicyclic) bond motifs is 3. The molecule has 5 heteroatoms. The Morgan fingerprint density at radius 3 is 2.88 bits per heavy atom. The van der Waals surface area contributed by atoms with Crippen LogP contribution in [0, 0.1) is 0 Å². The Hall–Kier alpha value is -1.91. The van der Waals surface area contributed by atoms with Gasteiger partial charge in [-0.25, -0.2) is 4.79 Å². The zero-order valence-corrected chi connectivity index (χ0v) is 16.0. The summed E-state index contributed by atoms with van der Waals surface area (Å²) >= 11 is 0. The lowest BCUT2D eigenvalue weighted by molar-refractivity contribution is 0.0510. The van der Waals surface area contributed by atoms with Gasteiger partial charge in [-0.1, -0.05) is 13.0 Å². The minimum Gasteiger partial charge on any atom is -0.493 e. The topological polar surface area (TPSA) is 50.8 Å². The molecule has 0 radical (unpaired) electrons. The van der Waals surface area contributed by atoms with Crippen molar-refractivity contribution in [2.24, 2.45) is 0 Å². The van der Waals surface area contributed by atoms with Crippen molar-refractivity contribution >= 4 is 11.8 Å². The van der Waals surface area contributed by atoms with Crippen molar-refractivity contribution in [2.45, 2.75) is 65.0 Å². The molecule has 0 saturated carbocycles. The Morgan fingerprint density at radius 1 is 1.44 bits per heavy atom. The van der Waals surface area contributed by atoms with Crippen molar-refractivity contribution < 1.29 is 14.3 Å². The third-order valence-corrected chi connectivity index (χ3v) is 4.83. The van der Waals surface area contributed by atoms with E-state index >= 15 is 0 Å². The molecule has 0 spiro atoms. The van der Waals surface area contributed by atoms with Crippen LogP contribution in [-0.2, 0) is 11.2 Å². The fourth-order valence-electron chi connectivity index (χ4n) is 3.83. The minimum atomic E-state index is -0.477. The van der Waals surface area contributed by atoms with E-state index in [1.807, 2.05) is 27.7 Å². The first-order chi connectivity index (χ1) is 11.8. The summed E-state index contributed by atoms with van der Waals surface area (Å²) in [4.78, 5) is 14.4. The molecule has 5 nitrogen and oxygen atoms in total. The minimum absolute atomic E-state index is 0.0106. The molecule has 2 aliphatic heterocycles. The molecule has 2 aliphatic rings. The molecule has 2 atom stereocenters. The maximum Gasteiger partial charge on any atom is 0.407 e. The molecule has 0 bridgehead atoms. The van der Waals surface area contributed by atoms with Crippen LogP contribution in [-0.4, -0.2) is 37.4 Å². The molecule has 0 fully saturated rings. The van der Waals surface area contributed by atoms with Gasteiger partial charge in [0.05, 0.1) is 6.61 Å². The van der Waals surface area contributed by atoms with E-state index in [4.69, 9.17) is 9.47 Å². The number of nitrogens with one attached hydrogen (secondary N) is 1. The number of rotatable bonds is 4. The molecule has 1 N–H and O–H groups in total. The molecule has 25 heavy (non-hydrogen) atoms. The van der Waals surface area contributed by atoms with Crippen LogP contribution in [0.1, 0.15) is 58.1 Å². The van der Waals surface area contributed by atoms with E-state index in [1.165, 1.54) is 16.8 Å². The van der Waals surface area contributed by atoms with Gasteiger partial charge >= 0.3 is 6.09 Å². The van der Waals surface area contributed by atoms with E-state index in [1.54, 1.807) is 0 Å². The van der Waals surface area contributed by atoms with E-state index in [-0.39, 0.29) is 12.1 Å². The Kier molecular flexibility index (Phi) is 4.85. The average Bonchev–Trinajstić information content (AvgIpc) is 3.08. The van der Waals surface area contributed by atoms with Gasteiger partial charge in [-0.2, -0.15) is 0 Å². The number of benzene rings is 1. The van der Waals surface area contributed by atoms with E-state index in [0.29, 0.717) is 5.92 Å². The van der Waals surface area contributed by atoms with Crippen LogP contribution >= 0.6 is 0 Å². The molecule has 0 saturated heterocycles. The maximum atomic E-state index is 12.0. The summed E-state index contributed by atoms with van der Waals surface area (Å²) in [7, 11) is 0. The van der Waals surface area contributed by atoms with Gasteiger partial charge < -0.3 is 19.7 Å². The summed E-state index contributed by atoms with van der Waals surface area (Å²) in [5.41, 5.74) is 3.61. The number of alkyl carbamates (subject to hydrolysis) is 1. The van der Waals surface area contributed by atoms with Crippen molar-refractivity contribution in [3.05, 3.63) is 23.3 Å². The number of anilines is 1. The van der Waals surface area contributed by atoms with Crippen LogP contribution in [0.25, 0.3) is 0 Å². The Bertz CT molecular complexity index is 651. The van der Waals surface area contributed by atoms with E-state index in [9.17, 15) is 4.79 Å². The first kappa shape index (κ1) is 17.9. The van der Waals surface area contributed by atoms with Gasteiger partial charge in [0.1, 0.15) is 11.4 Å². The highest BCUT2D eigenvalue weighted by Crippen LogP contribution is 2.45. The SMILES string of the molecule is CC[C@@H]1CN(CC(C)NC(=O)OC(C)(C)C)c2c1ccc1c2CCO1. The lowest BCUT2D eigenvalue weighted by Crippen LogP contribution is -2.44. The van der Waals surface area contributed by atoms with Crippen molar-refractivity contribution in [1.82, 2.24) is 5.32 Å². The van der Waals surface area contributed by atoms with Crippen LogP contribution in [0.2, 0.25) is 0 Å². The highest BCUT2D eigenvalue weighted by Gasteiger charge is 2.33. The Morgan fingerprint density at radius 2 is 2.20 bits per heavy atom. The standard InChI is InChI=1S/C20H30N2O3/c1-6-14-12-22(11-13(2)21-19(23)25-20(3,4)5)18-15(14)7-8-17-16(18)9-10-24-17/h7-8,13-14H,6,9-12H2,1-5H3,(H,21,23)/t13?,14-/m1/s1.